The molecule has 1 heterocycles. The first kappa shape index (κ1) is 12.1. The van der Waals surface area contributed by atoms with Crippen LogP contribution in [0.15, 0.2) is 24.3 Å². The average molecular weight is 252 g/mol. The highest BCUT2D eigenvalue weighted by molar-refractivity contribution is 6.37. The molecule has 0 fully saturated rings. The predicted octanol–water partition coefficient (Wildman–Crippen LogP) is 1.77. The fourth-order valence-corrected chi connectivity index (χ4v) is 2.21. The van der Waals surface area contributed by atoms with Crippen molar-refractivity contribution in [3.63, 3.8) is 0 Å². The molecule has 0 N–H and O–H groups in total. The molecule has 0 unspecified atom stereocenters. The quantitative estimate of drug-likeness (QED) is 0.607. The Morgan fingerprint density at radius 2 is 1.94 bits per heavy atom. The van der Waals surface area contributed by atoms with Crippen molar-refractivity contribution in [2.45, 2.75) is 19.4 Å². The van der Waals surface area contributed by atoms with Gasteiger partial charge < -0.3 is 4.90 Å². The van der Waals surface area contributed by atoms with E-state index in [1.807, 2.05) is 18.2 Å². The highest BCUT2D eigenvalue weighted by Crippen LogP contribution is 2.18. The van der Waals surface area contributed by atoms with E-state index in [9.17, 15) is 9.59 Å². The van der Waals surface area contributed by atoms with Gasteiger partial charge in [-0.25, -0.2) is 0 Å². The van der Waals surface area contributed by atoms with Gasteiger partial charge in [0.05, 0.1) is 0 Å². The van der Waals surface area contributed by atoms with Crippen molar-refractivity contribution in [3.8, 4) is 0 Å². The molecular weight excluding hydrogens is 238 g/mol. The molecule has 1 aromatic rings. The highest BCUT2D eigenvalue weighted by Gasteiger charge is 2.24. The maximum absolute atomic E-state index is 11.8. The molecule has 1 aromatic carbocycles. The Kier molecular flexibility index (Phi) is 3.79. The smallest absolute Gasteiger partial charge is 0.290 e. The standard InChI is InChI=1S/C13H14ClNO2/c14-7-5-12(16)13(17)15-8-6-10-3-1-2-4-11(10)9-15/h1-4H,5-9H2. The van der Waals surface area contributed by atoms with Gasteiger partial charge in [0.25, 0.3) is 5.91 Å². The van der Waals surface area contributed by atoms with Gasteiger partial charge in [0, 0.05) is 25.4 Å². The minimum atomic E-state index is -0.403. The van der Waals surface area contributed by atoms with Crippen molar-refractivity contribution in [2.75, 3.05) is 12.4 Å². The molecule has 0 atom stereocenters. The van der Waals surface area contributed by atoms with Crippen LogP contribution in [0, 0.1) is 0 Å². The topological polar surface area (TPSA) is 37.4 Å². The van der Waals surface area contributed by atoms with Gasteiger partial charge in [-0.05, 0) is 17.5 Å². The molecule has 1 aliphatic rings. The van der Waals surface area contributed by atoms with Crippen LogP contribution in [-0.4, -0.2) is 29.0 Å². The van der Waals surface area contributed by atoms with Crippen molar-refractivity contribution in [1.82, 2.24) is 4.90 Å². The van der Waals surface area contributed by atoms with E-state index in [4.69, 9.17) is 11.6 Å². The van der Waals surface area contributed by atoms with E-state index in [2.05, 4.69) is 6.07 Å². The van der Waals surface area contributed by atoms with Crippen LogP contribution in [0.5, 0.6) is 0 Å². The number of alkyl halides is 1. The van der Waals surface area contributed by atoms with Crippen molar-refractivity contribution in [3.05, 3.63) is 35.4 Å². The van der Waals surface area contributed by atoms with E-state index >= 15 is 0 Å². The van der Waals surface area contributed by atoms with E-state index in [0.717, 1.165) is 12.0 Å². The number of amides is 1. The zero-order valence-electron chi connectivity index (χ0n) is 9.49. The largest absolute Gasteiger partial charge is 0.331 e. The number of Topliss-reactive ketones (excluding diaryl/α,β-unsaturated/α-hetero) is 1. The van der Waals surface area contributed by atoms with Gasteiger partial charge in [-0.2, -0.15) is 0 Å². The lowest BCUT2D eigenvalue weighted by molar-refractivity contribution is -0.145. The van der Waals surface area contributed by atoms with Gasteiger partial charge in [-0.15, -0.1) is 11.6 Å². The van der Waals surface area contributed by atoms with Gasteiger partial charge in [-0.3, -0.25) is 9.59 Å². The lowest BCUT2D eigenvalue weighted by atomic mass is 9.99. The van der Waals surface area contributed by atoms with Crippen LogP contribution in [0.1, 0.15) is 17.5 Å². The highest BCUT2D eigenvalue weighted by atomic mass is 35.5. The Morgan fingerprint density at radius 1 is 1.24 bits per heavy atom. The van der Waals surface area contributed by atoms with E-state index in [-0.39, 0.29) is 18.1 Å². The monoisotopic (exact) mass is 251 g/mol. The molecular formula is C13H14ClNO2. The summed E-state index contributed by atoms with van der Waals surface area (Å²) < 4.78 is 0. The van der Waals surface area contributed by atoms with Crippen molar-refractivity contribution in [1.29, 1.82) is 0 Å². The fourth-order valence-electron chi connectivity index (χ4n) is 2.04. The molecule has 17 heavy (non-hydrogen) atoms. The fraction of sp³-hybridized carbons (Fsp3) is 0.385. The zero-order valence-corrected chi connectivity index (χ0v) is 10.2. The molecule has 0 saturated heterocycles. The van der Waals surface area contributed by atoms with Crippen molar-refractivity contribution in [2.24, 2.45) is 0 Å². The number of halogens is 1. The maximum Gasteiger partial charge on any atom is 0.290 e. The Hall–Kier alpha value is -1.35. The van der Waals surface area contributed by atoms with E-state index in [1.54, 1.807) is 4.90 Å². The van der Waals surface area contributed by atoms with Gasteiger partial charge in [0.1, 0.15) is 0 Å². The summed E-state index contributed by atoms with van der Waals surface area (Å²) in [7, 11) is 0. The summed E-state index contributed by atoms with van der Waals surface area (Å²) in [6.45, 7) is 1.15. The van der Waals surface area contributed by atoms with Gasteiger partial charge in [-0.1, -0.05) is 24.3 Å². The van der Waals surface area contributed by atoms with E-state index < -0.39 is 5.91 Å². The van der Waals surface area contributed by atoms with Crippen LogP contribution in [0.3, 0.4) is 0 Å². The molecule has 1 aliphatic heterocycles. The molecule has 3 nitrogen and oxygen atoms in total. The molecule has 2 rings (SSSR count). The molecule has 1 amide bonds. The van der Waals surface area contributed by atoms with Crippen LogP contribution < -0.4 is 0 Å². The third-order valence-electron chi connectivity index (χ3n) is 2.98. The summed E-state index contributed by atoms with van der Waals surface area (Å²) in [6, 6.07) is 8.01. The summed E-state index contributed by atoms with van der Waals surface area (Å²) in [5.74, 6) is -0.589. The van der Waals surface area contributed by atoms with Crippen LogP contribution in [-0.2, 0) is 22.6 Å². The molecule has 0 bridgehead atoms. The third kappa shape index (κ3) is 2.67. The van der Waals surface area contributed by atoms with E-state index in [1.165, 1.54) is 5.56 Å². The average Bonchev–Trinajstić information content (AvgIpc) is 2.37. The second-order valence-corrected chi connectivity index (χ2v) is 4.49. The number of nitrogens with zero attached hydrogens (tertiary/aromatic N) is 1. The van der Waals surface area contributed by atoms with Crippen molar-refractivity contribution < 1.29 is 9.59 Å². The third-order valence-corrected chi connectivity index (χ3v) is 3.17. The Labute approximate surface area is 105 Å². The minimum Gasteiger partial charge on any atom is -0.331 e. The molecule has 0 saturated carbocycles. The van der Waals surface area contributed by atoms with Crippen molar-refractivity contribution >= 4 is 23.3 Å². The summed E-state index contributed by atoms with van der Waals surface area (Å²) in [4.78, 5) is 24.9. The molecule has 0 aromatic heterocycles. The van der Waals surface area contributed by atoms with Gasteiger partial charge in [0.15, 0.2) is 0 Å². The number of ketones is 1. The second-order valence-electron chi connectivity index (χ2n) is 4.11. The predicted molar refractivity (Wildman–Crippen MR) is 65.9 cm³/mol. The van der Waals surface area contributed by atoms with Crippen LogP contribution in [0.25, 0.3) is 0 Å². The SMILES string of the molecule is O=C(CCCl)C(=O)N1CCc2ccccc2C1. The lowest BCUT2D eigenvalue weighted by Gasteiger charge is -2.28. The Balaban J connectivity index is 2.07. The number of carbonyl (C=O) groups is 2. The van der Waals surface area contributed by atoms with Crippen LogP contribution in [0.2, 0.25) is 0 Å². The summed E-state index contributed by atoms with van der Waals surface area (Å²) in [5.41, 5.74) is 2.40. The molecule has 0 radical (unpaired) electrons. The first-order valence-corrected chi connectivity index (χ1v) is 6.20. The van der Waals surface area contributed by atoms with Gasteiger partial charge in [0.2, 0.25) is 5.78 Å². The Morgan fingerprint density at radius 3 is 2.65 bits per heavy atom. The first-order chi connectivity index (χ1) is 8.22. The van der Waals surface area contributed by atoms with Crippen LogP contribution >= 0.6 is 11.6 Å². The number of rotatable bonds is 3. The number of hydrogen-bond donors (Lipinski definition) is 0. The number of hydrogen-bond acceptors (Lipinski definition) is 2. The first-order valence-electron chi connectivity index (χ1n) is 5.67. The molecule has 0 aliphatic carbocycles. The summed E-state index contributed by atoms with van der Waals surface area (Å²) in [5, 5.41) is 0. The van der Waals surface area contributed by atoms with Gasteiger partial charge >= 0.3 is 0 Å². The molecule has 90 valence electrons. The summed E-state index contributed by atoms with van der Waals surface area (Å²) >= 11 is 5.47. The zero-order chi connectivity index (χ0) is 12.3. The number of benzene rings is 1. The van der Waals surface area contributed by atoms with E-state index in [0.29, 0.717) is 13.1 Å². The molecule has 4 heteroatoms. The normalized spacial score (nSPS) is 14.3. The summed E-state index contributed by atoms with van der Waals surface area (Å²) in [6.07, 6.45) is 0.939. The van der Waals surface area contributed by atoms with Crippen LogP contribution in [0.4, 0.5) is 0 Å². The molecule has 0 spiro atoms. The second kappa shape index (κ2) is 5.32. The number of carbonyl (C=O) groups excluding carboxylic acids is 2. The number of fused-ring (bicyclic) bond motifs is 1. The Bertz CT molecular complexity index is 445. The maximum atomic E-state index is 11.8. The lowest BCUT2D eigenvalue weighted by Crippen LogP contribution is -2.40. The minimum absolute atomic E-state index is 0.124.